The van der Waals surface area contributed by atoms with Gasteiger partial charge in [-0.2, -0.15) is 5.10 Å². The minimum Gasteiger partial charge on any atom is -0.347 e. The van der Waals surface area contributed by atoms with Gasteiger partial charge in [0.2, 0.25) is 10.0 Å². The molecule has 11 heteroatoms. The zero-order valence-corrected chi connectivity index (χ0v) is 21.6. The summed E-state index contributed by atoms with van der Waals surface area (Å²) in [5.41, 5.74) is 2.95. The first-order chi connectivity index (χ1) is 16.0. The Kier molecular flexibility index (Phi) is 7.26. The summed E-state index contributed by atoms with van der Waals surface area (Å²) in [6, 6.07) is 12.0. The van der Waals surface area contributed by atoms with Crippen molar-refractivity contribution in [3.05, 3.63) is 68.8 Å². The lowest BCUT2D eigenvalue weighted by molar-refractivity contribution is 0.0915. The number of nitrogens with zero attached hydrogens (tertiary/aromatic N) is 3. The van der Waals surface area contributed by atoms with Gasteiger partial charge in [-0.3, -0.25) is 4.79 Å². The largest absolute Gasteiger partial charge is 0.347 e. The summed E-state index contributed by atoms with van der Waals surface area (Å²) in [5.74, 6) is -0.378. The van der Waals surface area contributed by atoms with Gasteiger partial charge in [0.1, 0.15) is 0 Å². The minimum atomic E-state index is -3.33. The van der Waals surface area contributed by atoms with E-state index >= 15 is 0 Å². The number of hydrogen-bond acceptors (Lipinski definition) is 4. The van der Waals surface area contributed by atoms with Crippen LogP contribution in [0.1, 0.15) is 28.9 Å². The highest BCUT2D eigenvalue weighted by molar-refractivity contribution is 7.88. The van der Waals surface area contributed by atoms with E-state index in [0.717, 1.165) is 5.56 Å². The Morgan fingerprint density at radius 3 is 2.41 bits per heavy atom. The quantitative estimate of drug-likeness (QED) is 0.495. The molecule has 3 aromatic rings. The lowest BCUT2D eigenvalue weighted by atomic mass is 10.0. The molecule has 0 aliphatic carbocycles. The number of sulfonamides is 1. The van der Waals surface area contributed by atoms with Gasteiger partial charge in [0.15, 0.2) is 5.69 Å². The van der Waals surface area contributed by atoms with Gasteiger partial charge < -0.3 is 5.32 Å². The van der Waals surface area contributed by atoms with Crippen molar-refractivity contribution < 1.29 is 13.2 Å². The van der Waals surface area contributed by atoms with Gasteiger partial charge in [0, 0.05) is 40.3 Å². The Balaban J connectivity index is 1.73. The van der Waals surface area contributed by atoms with Gasteiger partial charge in [0.05, 0.1) is 22.7 Å². The van der Waals surface area contributed by atoms with E-state index in [1.54, 1.807) is 35.0 Å². The number of carbonyl (C=O) groups excluding carboxylic acids is 1. The van der Waals surface area contributed by atoms with Crippen molar-refractivity contribution in [3.8, 4) is 16.9 Å². The first kappa shape index (κ1) is 25.0. The van der Waals surface area contributed by atoms with Crippen LogP contribution in [0.3, 0.4) is 0 Å². The first-order valence-electron chi connectivity index (χ1n) is 10.6. The number of benzene rings is 2. The Bertz CT molecular complexity index is 1340. The molecule has 2 heterocycles. The van der Waals surface area contributed by atoms with E-state index in [4.69, 9.17) is 34.8 Å². The average molecular weight is 542 g/mol. The van der Waals surface area contributed by atoms with Crippen LogP contribution in [0, 0.1) is 6.92 Å². The number of carbonyl (C=O) groups is 1. The predicted octanol–water partition coefficient (Wildman–Crippen LogP) is 4.96. The molecule has 4 rings (SSSR count). The number of nitrogens with one attached hydrogen (secondary N) is 1. The molecule has 7 nitrogen and oxygen atoms in total. The van der Waals surface area contributed by atoms with Gasteiger partial charge in [0.25, 0.3) is 5.91 Å². The van der Waals surface area contributed by atoms with Crippen molar-refractivity contribution in [2.45, 2.75) is 25.8 Å². The second-order valence-corrected chi connectivity index (χ2v) is 11.5. The third-order valence-electron chi connectivity index (χ3n) is 5.78. The Morgan fingerprint density at radius 2 is 1.76 bits per heavy atom. The average Bonchev–Trinajstić information content (AvgIpc) is 3.11. The Morgan fingerprint density at radius 1 is 1.09 bits per heavy atom. The second-order valence-electron chi connectivity index (χ2n) is 8.27. The summed E-state index contributed by atoms with van der Waals surface area (Å²) in [6.07, 6.45) is 2.53. The van der Waals surface area contributed by atoms with E-state index in [9.17, 15) is 13.2 Å². The fraction of sp³-hybridized carbons (Fsp3) is 0.304. The summed E-state index contributed by atoms with van der Waals surface area (Å²) in [7, 11) is -3.33. The van der Waals surface area contributed by atoms with Crippen LogP contribution in [-0.2, 0) is 10.0 Å². The highest BCUT2D eigenvalue weighted by atomic mass is 35.5. The van der Waals surface area contributed by atoms with Crippen LogP contribution in [0.2, 0.25) is 15.1 Å². The van der Waals surface area contributed by atoms with E-state index in [-0.39, 0.29) is 24.2 Å². The number of aromatic nitrogens is 2. The van der Waals surface area contributed by atoms with Crippen LogP contribution in [-0.4, -0.2) is 53.8 Å². The molecule has 1 N–H and O–H groups in total. The molecular formula is C23H23Cl3N4O3S. The van der Waals surface area contributed by atoms with Crippen LogP contribution in [0.15, 0.2) is 42.5 Å². The normalized spacial score (nSPS) is 17.0. The molecule has 0 unspecified atom stereocenters. The molecule has 0 spiro atoms. The van der Waals surface area contributed by atoms with Crippen molar-refractivity contribution in [1.29, 1.82) is 0 Å². The van der Waals surface area contributed by atoms with Crippen LogP contribution in [0.25, 0.3) is 16.9 Å². The van der Waals surface area contributed by atoms with Crippen LogP contribution < -0.4 is 5.32 Å². The van der Waals surface area contributed by atoms with E-state index in [1.165, 1.54) is 10.6 Å². The van der Waals surface area contributed by atoms with Crippen LogP contribution >= 0.6 is 34.8 Å². The van der Waals surface area contributed by atoms with E-state index in [0.29, 0.717) is 51.4 Å². The van der Waals surface area contributed by atoms with Gasteiger partial charge in [-0.1, -0.05) is 46.9 Å². The van der Waals surface area contributed by atoms with Crippen molar-refractivity contribution >= 4 is 50.7 Å². The number of piperidine rings is 1. The van der Waals surface area contributed by atoms with Crippen molar-refractivity contribution in [1.82, 2.24) is 19.4 Å². The molecule has 1 amide bonds. The van der Waals surface area contributed by atoms with E-state index in [2.05, 4.69) is 10.4 Å². The number of hydrogen-bond donors (Lipinski definition) is 1. The summed E-state index contributed by atoms with van der Waals surface area (Å²) in [6.45, 7) is 2.50. The third kappa shape index (κ3) is 5.26. The SMILES string of the molecule is Cc1c(C(=O)N[C@@H]2CCCN(S(C)(=O)=O)C2)nn(-c2ccc(Cl)cc2Cl)c1-c1ccc(Cl)cc1. The Labute approximate surface area is 213 Å². The summed E-state index contributed by atoms with van der Waals surface area (Å²) < 4.78 is 26.9. The zero-order chi connectivity index (χ0) is 24.6. The third-order valence-corrected chi connectivity index (χ3v) is 7.84. The molecule has 34 heavy (non-hydrogen) atoms. The fourth-order valence-corrected chi connectivity index (χ4v) is 5.63. The van der Waals surface area contributed by atoms with Gasteiger partial charge >= 0.3 is 0 Å². The summed E-state index contributed by atoms with van der Waals surface area (Å²) in [4.78, 5) is 13.3. The zero-order valence-electron chi connectivity index (χ0n) is 18.6. The molecular weight excluding hydrogens is 519 g/mol. The van der Waals surface area contributed by atoms with Crippen molar-refractivity contribution in [3.63, 3.8) is 0 Å². The van der Waals surface area contributed by atoms with Crippen molar-refractivity contribution in [2.24, 2.45) is 0 Å². The molecule has 1 saturated heterocycles. The van der Waals surface area contributed by atoms with Crippen molar-refractivity contribution in [2.75, 3.05) is 19.3 Å². The van der Waals surface area contributed by atoms with Crippen LogP contribution in [0.5, 0.6) is 0 Å². The topological polar surface area (TPSA) is 84.3 Å². The molecule has 180 valence electrons. The molecule has 1 aliphatic heterocycles. The molecule has 2 aromatic carbocycles. The maximum atomic E-state index is 13.3. The molecule has 1 aromatic heterocycles. The number of amides is 1. The monoisotopic (exact) mass is 540 g/mol. The highest BCUT2D eigenvalue weighted by Gasteiger charge is 2.29. The smallest absolute Gasteiger partial charge is 0.272 e. The second kappa shape index (κ2) is 9.87. The molecule has 1 aliphatic rings. The maximum Gasteiger partial charge on any atom is 0.272 e. The van der Waals surface area contributed by atoms with Gasteiger partial charge in [-0.25, -0.2) is 17.4 Å². The minimum absolute atomic E-state index is 0.229. The van der Waals surface area contributed by atoms with E-state index < -0.39 is 10.0 Å². The number of rotatable bonds is 5. The Hall–Kier alpha value is -2.10. The molecule has 0 saturated carbocycles. The van der Waals surface area contributed by atoms with Gasteiger partial charge in [-0.15, -0.1) is 0 Å². The highest BCUT2D eigenvalue weighted by Crippen LogP contribution is 2.33. The summed E-state index contributed by atoms with van der Waals surface area (Å²) in [5, 5.41) is 9.02. The lowest BCUT2D eigenvalue weighted by Gasteiger charge is -2.31. The van der Waals surface area contributed by atoms with Gasteiger partial charge in [-0.05, 0) is 50.1 Å². The molecule has 1 fully saturated rings. The summed E-state index contributed by atoms with van der Waals surface area (Å²) >= 11 is 18.6. The molecule has 0 radical (unpaired) electrons. The molecule has 1 atom stereocenters. The first-order valence-corrected chi connectivity index (χ1v) is 13.6. The number of halogens is 3. The fourth-order valence-electron chi connectivity index (χ4n) is 4.10. The molecule has 0 bridgehead atoms. The van der Waals surface area contributed by atoms with E-state index in [1.807, 2.05) is 19.1 Å². The van der Waals surface area contributed by atoms with Crippen LogP contribution in [0.4, 0.5) is 0 Å². The predicted molar refractivity (Wildman–Crippen MR) is 136 cm³/mol. The standard InChI is InChI=1S/C23H23Cl3N4O3S/c1-14-21(23(31)27-18-4-3-11-29(13-18)34(2,32)33)28-30(20-10-9-17(25)12-19(20)26)22(14)15-5-7-16(24)8-6-15/h5-10,12,18H,3-4,11,13H2,1-2H3,(H,27,31)/t18-/m1/s1. The maximum absolute atomic E-state index is 13.3. The lowest BCUT2D eigenvalue weighted by Crippen LogP contribution is -2.49.